The second-order valence-electron chi connectivity index (χ2n) is 3.80. The molecule has 0 amide bonds. The van der Waals surface area contributed by atoms with Gasteiger partial charge in [0.2, 0.25) is 0 Å². The van der Waals surface area contributed by atoms with Crippen LogP contribution in [0.4, 0.5) is 0 Å². The average molecular weight is 304 g/mol. The topological polar surface area (TPSA) is 9.23 Å². The fourth-order valence-corrected chi connectivity index (χ4v) is 3.61. The molecule has 0 bridgehead atoms. The Kier molecular flexibility index (Phi) is 6.32. The van der Waals surface area contributed by atoms with Crippen LogP contribution in [0.1, 0.15) is 20.8 Å². The minimum absolute atomic E-state index is 0.362. The lowest BCUT2D eigenvalue weighted by molar-refractivity contribution is 0.257. The minimum Gasteiger partial charge on any atom is -0.419 e. The maximum absolute atomic E-state index is 5.75. The fourth-order valence-electron chi connectivity index (χ4n) is 0.498. The Morgan fingerprint density at radius 3 is 2.00 bits per heavy atom. The van der Waals surface area contributed by atoms with Crippen LogP contribution in [0.15, 0.2) is 0 Å². The summed E-state index contributed by atoms with van der Waals surface area (Å²) in [7, 11) is -0.380. The molecule has 0 aliphatic carbocycles. The zero-order chi connectivity index (χ0) is 8.91. The zero-order valence-electron chi connectivity index (χ0n) is 7.36. The number of alkyl halides is 2. The summed E-state index contributed by atoms with van der Waals surface area (Å²) in [4.78, 5) is 0. The van der Waals surface area contributed by atoms with E-state index in [1.807, 2.05) is 0 Å². The van der Waals surface area contributed by atoms with Crippen molar-refractivity contribution in [2.75, 3.05) is 10.7 Å². The molecule has 68 valence electrons. The third-order valence-electron chi connectivity index (χ3n) is 1.10. The Labute approximate surface area is 88.5 Å². The van der Waals surface area contributed by atoms with Gasteiger partial charge in [-0.2, -0.15) is 0 Å². The summed E-state index contributed by atoms with van der Waals surface area (Å²) in [5.74, 6) is 0. The molecule has 11 heavy (non-hydrogen) atoms. The highest BCUT2D eigenvalue weighted by Crippen LogP contribution is 2.21. The van der Waals surface area contributed by atoms with Crippen molar-refractivity contribution < 1.29 is 4.43 Å². The van der Waals surface area contributed by atoms with Gasteiger partial charge in [0, 0.05) is 10.7 Å². The summed E-state index contributed by atoms with van der Waals surface area (Å²) in [5.41, 5.74) is 0. The van der Waals surface area contributed by atoms with E-state index in [4.69, 9.17) is 4.43 Å². The number of rotatable bonds is 4. The molecular formula is C7H16Br2OSi. The predicted octanol–water partition coefficient (Wildman–Crippen LogP) is 2.46. The van der Waals surface area contributed by atoms with E-state index in [1.54, 1.807) is 0 Å². The lowest BCUT2D eigenvalue weighted by Gasteiger charge is -2.21. The Hall–Kier alpha value is 1.14. The van der Waals surface area contributed by atoms with Crippen molar-refractivity contribution in [2.45, 2.75) is 31.9 Å². The van der Waals surface area contributed by atoms with Crippen molar-refractivity contribution in [3.05, 3.63) is 0 Å². The summed E-state index contributed by atoms with van der Waals surface area (Å²) < 4.78 is 5.75. The summed E-state index contributed by atoms with van der Waals surface area (Å²) in [6.07, 6.45) is 0.362. The van der Waals surface area contributed by atoms with Crippen LogP contribution in [0.3, 0.4) is 0 Å². The van der Waals surface area contributed by atoms with Crippen molar-refractivity contribution >= 4 is 41.6 Å². The lowest BCUT2D eigenvalue weighted by Crippen LogP contribution is -2.23. The van der Waals surface area contributed by atoms with E-state index in [2.05, 4.69) is 52.6 Å². The van der Waals surface area contributed by atoms with E-state index >= 15 is 0 Å². The monoisotopic (exact) mass is 302 g/mol. The third kappa shape index (κ3) is 7.50. The predicted molar refractivity (Wildman–Crippen MR) is 60.7 cm³/mol. The van der Waals surface area contributed by atoms with Gasteiger partial charge in [-0.1, -0.05) is 52.6 Å². The van der Waals surface area contributed by atoms with Crippen LogP contribution in [0.2, 0.25) is 5.04 Å². The van der Waals surface area contributed by atoms with Gasteiger partial charge in [0.15, 0.2) is 9.76 Å². The highest BCUT2D eigenvalue weighted by molar-refractivity contribution is 9.09. The molecule has 1 nitrogen and oxygen atoms in total. The fraction of sp³-hybridized carbons (Fsp3) is 1.00. The Bertz CT molecular complexity index is 99.1. The molecule has 0 fully saturated rings. The Morgan fingerprint density at radius 1 is 1.27 bits per heavy atom. The molecule has 0 heterocycles. The molecule has 0 aromatic carbocycles. The van der Waals surface area contributed by atoms with E-state index < -0.39 is 0 Å². The van der Waals surface area contributed by atoms with Gasteiger partial charge in [-0.25, -0.2) is 0 Å². The maximum Gasteiger partial charge on any atom is 0.167 e. The molecule has 0 unspecified atom stereocenters. The second-order valence-corrected chi connectivity index (χ2v) is 7.84. The SMILES string of the molecule is CC(C)(C)[SiH2]OC(CBr)CBr. The van der Waals surface area contributed by atoms with Crippen LogP contribution in [-0.2, 0) is 4.43 Å². The van der Waals surface area contributed by atoms with Gasteiger partial charge >= 0.3 is 0 Å². The molecule has 0 aromatic rings. The van der Waals surface area contributed by atoms with Gasteiger partial charge < -0.3 is 4.43 Å². The molecule has 0 saturated carbocycles. The Balaban J connectivity index is 3.51. The van der Waals surface area contributed by atoms with Crippen molar-refractivity contribution in [3.8, 4) is 0 Å². The molecule has 0 spiro atoms. The maximum atomic E-state index is 5.75. The largest absolute Gasteiger partial charge is 0.419 e. The first-order valence-corrected chi connectivity index (χ1v) is 7.26. The molecular weight excluding hydrogens is 288 g/mol. The van der Waals surface area contributed by atoms with Crippen molar-refractivity contribution in [3.63, 3.8) is 0 Å². The van der Waals surface area contributed by atoms with Crippen molar-refractivity contribution in [2.24, 2.45) is 0 Å². The number of halogens is 2. The molecule has 0 aliphatic rings. The average Bonchev–Trinajstić information content (AvgIpc) is 1.88. The molecule has 4 heteroatoms. The minimum atomic E-state index is -0.380. The molecule has 0 saturated heterocycles. The molecule has 0 rings (SSSR count). The quantitative estimate of drug-likeness (QED) is 0.573. The van der Waals surface area contributed by atoms with Gasteiger partial charge in [0.05, 0.1) is 6.10 Å². The zero-order valence-corrected chi connectivity index (χ0v) is 11.9. The molecule has 0 atom stereocenters. The first kappa shape index (κ1) is 12.1. The van der Waals surface area contributed by atoms with E-state index in [0.29, 0.717) is 11.1 Å². The normalized spacial score (nSPS) is 13.6. The van der Waals surface area contributed by atoms with Crippen LogP contribution in [0, 0.1) is 0 Å². The standard InChI is InChI=1S/C7H16Br2OSi/c1-7(2,3)11-10-6(4-8)5-9/h6H,4-5,11H2,1-3H3. The van der Waals surface area contributed by atoms with E-state index in [-0.39, 0.29) is 9.76 Å². The van der Waals surface area contributed by atoms with E-state index in [1.165, 1.54) is 0 Å². The highest BCUT2D eigenvalue weighted by Gasteiger charge is 2.14. The first-order chi connectivity index (χ1) is 4.99. The second kappa shape index (κ2) is 5.73. The number of hydrogen-bond donors (Lipinski definition) is 0. The Morgan fingerprint density at radius 2 is 1.73 bits per heavy atom. The molecule has 0 radical (unpaired) electrons. The van der Waals surface area contributed by atoms with Gasteiger partial charge in [-0.3, -0.25) is 0 Å². The highest BCUT2D eigenvalue weighted by atomic mass is 79.9. The summed E-state index contributed by atoms with van der Waals surface area (Å²) in [5, 5.41) is 2.27. The van der Waals surface area contributed by atoms with Crippen molar-refractivity contribution in [1.29, 1.82) is 0 Å². The van der Waals surface area contributed by atoms with Crippen LogP contribution in [0.25, 0.3) is 0 Å². The van der Waals surface area contributed by atoms with Crippen LogP contribution >= 0.6 is 31.9 Å². The number of hydrogen-bond acceptors (Lipinski definition) is 1. The lowest BCUT2D eigenvalue weighted by atomic mass is 10.3. The van der Waals surface area contributed by atoms with Crippen LogP contribution < -0.4 is 0 Å². The van der Waals surface area contributed by atoms with Gasteiger partial charge in [-0.05, 0) is 5.04 Å². The summed E-state index contributed by atoms with van der Waals surface area (Å²) >= 11 is 6.82. The smallest absolute Gasteiger partial charge is 0.167 e. The third-order valence-corrected chi connectivity index (χ3v) is 4.04. The van der Waals surface area contributed by atoms with Gasteiger partial charge in [0.1, 0.15) is 0 Å². The van der Waals surface area contributed by atoms with Gasteiger partial charge in [0.25, 0.3) is 0 Å². The van der Waals surface area contributed by atoms with Gasteiger partial charge in [-0.15, -0.1) is 0 Å². The van der Waals surface area contributed by atoms with E-state index in [0.717, 1.165) is 10.7 Å². The summed E-state index contributed by atoms with van der Waals surface area (Å²) in [6.45, 7) is 6.70. The van der Waals surface area contributed by atoms with Crippen molar-refractivity contribution in [1.82, 2.24) is 0 Å². The van der Waals surface area contributed by atoms with E-state index in [9.17, 15) is 0 Å². The molecule has 0 aliphatic heterocycles. The first-order valence-electron chi connectivity index (χ1n) is 3.73. The molecule has 0 aromatic heterocycles. The molecule has 0 N–H and O–H groups in total. The summed E-state index contributed by atoms with van der Waals surface area (Å²) in [6, 6.07) is 0. The van der Waals surface area contributed by atoms with Crippen LogP contribution in [0.5, 0.6) is 0 Å². The van der Waals surface area contributed by atoms with Crippen LogP contribution in [-0.4, -0.2) is 26.5 Å².